The molecule has 0 unspecified atom stereocenters. The van der Waals surface area contributed by atoms with Crippen LogP contribution in [0.5, 0.6) is 0 Å². The Morgan fingerprint density at radius 2 is 1.84 bits per heavy atom. The fourth-order valence-corrected chi connectivity index (χ4v) is 2.21. The van der Waals surface area contributed by atoms with Crippen molar-refractivity contribution in [2.45, 2.75) is 19.3 Å². The monoisotopic (exact) mass is 262 g/mol. The van der Waals surface area contributed by atoms with Gasteiger partial charge in [0.2, 0.25) is 0 Å². The van der Waals surface area contributed by atoms with Crippen LogP contribution in [0.1, 0.15) is 19.3 Å². The average Bonchev–Trinajstić information content (AvgIpc) is 3.14. The van der Waals surface area contributed by atoms with E-state index in [1.165, 1.54) is 11.2 Å². The molecule has 3 aromatic heterocycles. The van der Waals surface area contributed by atoms with Crippen LogP contribution in [-0.2, 0) is 0 Å². The van der Waals surface area contributed by atoms with Gasteiger partial charge in [0.15, 0.2) is 10.8 Å². The first-order valence-corrected chi connectivity index (χ1v) is 6.05. The first-order chi connectivity index (χ1) is 9.42. The Bertz CT molecular complexity index is 665. The number of hydrogen-bond acceptors (Lipinski definition) is 8. The summed E-state index contributed by atoms with van der Waals surface area (Å²) in [5, 5.41) is 23.3. The van der Waals surface area contributed by atoms with E-state index in [0.29, 0.717) is 22.9 Å². The summed E-state index contributed by atoms with van der Waals surface area (Å²) in [5.41, 5.74) is 0.653. The van der Waals surface area contributed by atoms with Gasteiger partial charge in [-0.05, 0) is 19.3 Å². The van der Waals surface area contributed by atoms with Gasteiger partial charge < -0.3 is 9.53 Å². The van der Waals surface area contributed by atoms with Gasteiger partial charge in [0.25, 0.3) is 5.82 Å². The molecule has 4 rings (SSSR count). The first-order valence-electron chi connectivity index (χ1n) is 6.05. The Labute approximate surface area is 106 Å². The highest BCUT2D eigenvalue weighted by Crippen LogP contribution is 2.20. The van der Waals surface area contributed by atoms with Gasteiger partial charge in [-0.2, -0.15) is 15.4 Å². The summed E-state index contributed by atoms with van der Waals surface area (Å²) in [5.74, 6) is 1.09. The zero-order valence-electron chi connectivity index (χ0n) is 9.93. The molecule has 1 aliphatic heterocycles. The second-order valence-corrected chi connectivity index (χ2v) is 4.36. The van der Waals surface area contributed by atoms with Gasteiger partial charge in [-0.1, -0.05) is 5.16 Å². The lowest BCUT2D eigenvalue weighted by Crippen LogP contribution is -2.41. The molecule has 3 aromatic rings. The third-order valence-electron chi connectivity index (χ3n) is 3.13. The maximum atomic E-state index is 4.82. The van der Waals surface area contributed by atoms with Gasteiger partial charge in [0, 0.05) is 18.2 Å². The van der Waals surface area contributed by atoms with Crippen LogP contribution in [0.3, 0.4) is 0 Å². The van der Waals surface area contributed by atoms with Crippen LogP contribution in [0.15, 0.2) is 9.26 Å². The lowest BCUT2D eigenvalue weighted by molar-refractivity contribution is -0.719. The van der Waals surface area contributed by atoms with Gasteiger partial charge in [0.1, 0.15) is 5.65 Å². The van der Waals surface area contributed by atoms with Gasteiger partial charge in [-0.3, -0.25) is 0 Å². The molecule has 1 saturated heterocycles. The predicted octanol–water partition coefficient (Wildman–Crippen LogP) is -0.775. The minimum absolute atomic E-state index is 0.326. The number of aromatic nitrogens is 7. The zero-order valence-corrected chi connectivity index (χ0v) is 9.93. The summed E-state index contributed by atoms with van der Waals surface area (Å²) in [6.07, 6.45) is 3.50. The zero-order chi connectivity index (χ0) is 12.7. The molecule has 1 aliphatic rings. The number of rotatable bonds is 2. The molecule has 19 heavy (non-hydrogen) atoms. The number of fused-ring (bicyclic) bond motifs is 1. The van der Waals surface area contributed by atoms with Crippen molar-refractivity contribution in [1.29, 1.82) is 0 Å². The van der Waals surface area contributed by atoms with Gasteiger partial charge in [-0.25, -0.2) is 0 Å². The van der Waals surface area contributed by atoms with Crippen molar-refractivity contribution in [3.63, 3.8) is 0 Å². The highest BCUT2D eigenvalue weighted by molar-refractivity contribution is 5.60. The number of nitrogens with zero attached hydrogens (tertiary/aromatic N) is 8. The molecular weight excluding hydrogens is 252 g/mol. The second kappa shape index (κ2) is 4.00. The normalized spacial score (nSPS) is 16.3. The molecule has 0 saturated carbocycles. The van der Waals surface area contributed by atoms with E-state index in [-0.39, 0.29) is 0 Å². The van der Waals surface area contributed by atoms with Crippen LogP contribution in [0.2, 0.25) is 0 Å². The molecule has 0 spiro atoms. The van der Waals surface area contributed by atoms with Crippen molar-refractivity contribution in [1.82, 2.24) is 30.8 Å². The van der Waals surface area contributed by atoms with Crippen molar-refractivity contribution in [2.24, 2.45) is 0 Å². The Balaban J connectivity index is 1.74. The summed E-state index contributed by atoms with van der Waals surface area (Å²) in [6, 6.07) is 0. The van der Waals surface area contributed by atoms with Crippen LogP contribution in [0.25, 0.3) is 17.1 Å². The molecule has 10 nitrogen and oxygen atoms in total. The van der Waals surface area contributed by atoms with E-state index >= 15 is 0 Å². The molecule has 0 atom stereocenters. The van der Waals surface area contributed by atoms with Gasteiger partial charge in [0.05, 0.1) is 0 Å². The maximum absolute atomic E-state index is 4.82. The van der Waals surface area contributed by atoms with Crippen LogP contribution < -0.4 is 14.8 Å². The molecule has 98 valence electrons. The van der Waals surface area contributed by atoms with Crippen molar-refractivity contribution in [2.75, 3.05) is 18.0 Å². The van der Waals surface area contributed by atoms with Crippen LogP contribution in [-0.4, -0.2) is 38.8 Å². The van der Waals surface area contributed by atoms with Crippen molar-refractivity contribution < 1.29 is 14.1 Å². The highest BCUT2D eigenvalue weighted by atomic mass is 16.6. The fraction of sp³-hybridized carbons (Fsp3) is 0.556. The Morgan fingerprint density at radius 3 is 2.68 bits per heavy atom. The topological polar surface area (TPSA) is 112 Å². The fourth-order valence-electron chi connectivity index (χ4n) is 2.21. The van der Waals surface area contributed by atoms with Gasteiger partial charge >= 0.3 is 5.82 Å². The molecule has 4 heterocycles. The summed E-state index contributed by atoms with van der Waals surface area (Å²) < 4.78 is 9.33. The highest BCUT2D eigenvalue weighted by Gasteiger charge is 2.28. The molecule has 0 aromatic carbocycles. The molecule has 0 aliphatic carbocycles. The Morgan fingerprint density at radius 1 is 1.00 bits per heavy atom. The van der Waals surface area contributed by atoms with E-state index in [9.17, 15) is 0 Å². The van der Waals surface area contributed by atoms with Crippen molar-refractivity contribution in [3.05, 3.63) is 0 Å². The van der Waals surface area contributed by atoms with Crippen LogP contribution in [0.4, 0.5) is 5.82 Å². The lowest BCUT2D eigenvalue weighted by atomic mass is 10.1. The SMILES string of the molecule is C1CCN(c2nonc2-[n+]2nc3nonc3[n-]2)CC1. The summed E-state index contributed by atoms with van der Waals surface area (Å²) in [4.78, 5) is 3.44. The van der Waals surface area contributed by atoms with Crippen LogP contribution >= 0.6 is 0 Å². The van der Waals surface area contributed by atoms with E-state index < -0.39 is 0 Å². The van der Waals surface area contributed by atoms with E-state index in [0.717, 1.165) is 25.9 Å². The number of piperidine rings is 1. The summed E-state index contributed by atoms with van der Waals surface area (Å²) in [6.45, 7) is 1.86. The Kier molecular flexibility index (Phi) is 2.19. The number of anilines is 1. The third kappa shape index (κ3) is 1.63. The molecule has 0 N–H and O–H groups in total. The van der Waals surface area contributed by atoms with Crippen molar-refractivity contribution in [3.8, 4) is 5.82 Å². The minimum atomic E-state index is 0.326. The lowest BCUT2D eigenvalue weighted by Gasteiger charge is -2.24. The molecule has 0 amide bonds. The molecule has 1 fully saturated rings. The first kappa shape index (κ1) is 10.4. The number of hydrogen-bond donors (Lipinski definition) is 0. The maximum Gasteiger partial charge on any atom is 0.441 e. The smallest absolute Gasteiger partial charge is 0.347 e. The molecular formula is C9H10N8O2. The predicted molar refractivity (Wildman–Crippen MR) is 58.4 cm³/mol. The molecule has 10 heteroatoms. The van der Waals surface area contributed by atoms with Crippen molar-refractivity contribution >= 4 is 17.1 Å². The molecule has 0 radical (unpaired) electrons. The van der Waals surface area contributed by atoms with E-state index in [4.69, 9.17) is 4.63 Å². The largest absolute Gasteiger partial charge is 0.441 e. The van der Waals surface area contributed by atoms with Gasteiger partial charge in [-0.15, -0.1) is 9.43 Å². The standard InChI is InChI=1S/C9H10N8O2/c1-2-4-16(5-3-1)8-9(15-19-14-8)17-10-6-7(11-17)13-18-12-6/h1-5H2. The third-order valence-corrected chi connectivity index (χ3v) is 3.13. The average molecular weight is 262 g/mol. The quantitative estimate of drug-likeness (QED) is 0.549. The van der Waals surface area contributed by atoms with E-state index in [1.807, 2.05) is 0 Å². The summed E-state index contributed by atoms with van der Waals surface area (Å²) in [7, 11) is 0. The minimum Gasteiger partial charge on any atom is -0.347 e. The second-order valence-electron chi connectivity index (χ2n) is 4.36. The summed E-state index contributed by atoms with van der Waals surface area (Å²) >= 11 is 0. The van der Waals surface area contributed by atoms with E-state index in [1.54, 1.807) is 0 Å². The van der Waals surface area contributed by atoms with Crippen LogP contribution in [0, 0.1) is 0 Å². The van der Waals surface area contributed by atoms with E-state index in [2.05, 4.69) is 40.4 Å². The molecule has 0 bridgehead atoms. The Hall–Kier alpha value is -2.52.